The van der Waals surface area contributed by atoms with Crippen molar-refractivity contribution in [3.63, 3.8) is 0 Å². The second kappa shape index (κ2) is 14.3. The summed E-state index contributed by atoms with van der Waals surface area (Å²) in [6, 6.07) is 20.5. The van der Waals surface area contributed by atoms with Crippen LogP contribution in [0.2, 0.25) is 0 Å². The lowest BCUT2D eigenvalue weighted by atomic mass is 9.73. The molecule has 1 aliphatic carbocycles. The predicted molar refractivity (Wildman–Crippen MR) is 170 cm³/mol. The summed E-state index contributed by atoms with van der Waals surface area (Å²) in [4.78, 5) is 25.5. The first-order valence-corrected chi connectivity index (χ1v) is 15.1. The van der Waals surface area contributed by atoms with Gasteiger partial charge in [0.15, 0.2) is 0 Å². The Morgan fingerprint density at radius 3 is 2.23 bits per heavy atom. The number of anilines is 1. The molecule has 2 atom stereocenters. The average Bonchev–Trinajstić information content (AvgIpc) is 2.99. The van der Waals surface area contributed by atoms with Gasteiger partial charge in [-0.15, -0.1) is 0 Å². The van der Waals surface area contributed by atoms with Crippen LogP contribution in [0.3, 0.4) is 0 Å². The molecule has 0 radical (unpaired) electrons. The first-order chi connectivity index (χ1) is 20.9. The Morgan fingerprint density at radius 2 is 1.61 bits per heavy atom. The summed E-state index contributed by atoms with van der Waals surface area (Å²) in [6.45, 7) is 6.55. The van der Waals surface area contributed by atoms with Crippen LogP contribution in [0.5, 0.6) is 0 Å². The molecule has 8 heteroatoms. The molecule has 1 fully saturated rings. The minimum absolute atomic E-state index is 0.0539. The number of hydrogen-bond acceptors (Lipinski definition) is 4. The monoisotopic (exact) mass is 603 g/mol. The Labute approximate surface area is 259 Å². The summed E-state index contributed by atoms with van der Waals surface area (Å²) in [7, 11) is 1.61. The standard InChI is InChI=1S/C36H43F2N3O3/c1-35(2,3)26-9-8-10-27(21-26)36(15-13-24(14-16-36)20-33(43)39-4)40-23-32(42)31(19-25-17-28(37)22-29(38)18-25)34(44)41-30-11-6-5-7-12-30/h5-12,17-18,20-22,31-32,40,42H,13-16,19,23H2,1-4H3,(H,39,43)(H,41,44). The third kappa shape index (κ3) is 8.61. The maximum absolute atomic E-state index is 14.1. The normalized spacial score (nSPS) is 18.3. The Bertz CT molecular complexity index is 1450. The highest BCUT2D eigenvalue weighted by Crippen LogP contribution is 2.41. The summed E-state index contributed by atoms with van der Waals surface area (Å²) < 4.78 is 28.1. The second-order valence-corrected chi connectivity index (χ2v) is 12.7. The number of rotatable bonds is 10. The van der Waals surface area contributed by atoms with Crippen LogP contribution in [0.25, 0.3) is 0 Å². The molecule has 0 saturated heterocycles. The largest absolute Gasteiger partial charge is 0.391 e. The number of allylic oxidation sites excluding steroid dienone is 1. The van der Waals surface area contributed by atoms with E-state index < -0.39 is 35.1 Å². The molecule has 0 bridgehead atoms. The van der Waals surface area contributed by atoms with Gasteiger partial charge < -0.3 is 21.1 Å². The zero-order valence-corrected chi connectivity index (χ0v) is 25.9. The summed E-state index contributed by atoms with van der Waals surface area (Å²) in [5.74, 6) is -3.05. The molecule has 2 amide bonds. The Balaban J connectivity index is 1.62. The van der Waals surface area contributed by atoms with Gasteiger partial charge in [0.2, 0.25) is 11.8 Å². The van der Waals surface area contributed by atoms with Gasteiger partial charge in [0.25, 0.3) is 0 Å². The first-order valence-electron chi connectivity index (χ1n) is 15.1. The smallest absolute Gasteiger partial charge is 0.243 e. The fraction of sp³-hybridized carbons (Fsp3) is 0.389. The quantitative estimate of drug-likeness (QED) is 0.209. The third-order valence-corrected chi connectivity index (χ3v) is 8.48. The minimum atomic E-state index is -1.17. The zero-order chi connectivity index (χ0) is 31.9. The van der Waals surface area contributed by atoms with E-state index in [9.17, 15) is 23.5 Å². The van der Waals surface area contributed by atoms with Crippen LogP contribution in [0.15, 0.2) is 84.4 Å². The maximum Gasteiger partial charge on any atom is 0.243 e. The molecule has 6 nitrogen and oxygen atoms in total. The molecule has 2 unspecified atom stereocenters. The lowest BCUT2D eigenvalue weighted by Gasteiger charge is -2.41. The van der Waals surface area contributed by atoms with Crippen molar-refractivity contribution in [1.82, 2.24) is 10.6 Å². The molecule has 4 N–H and O–H groups in total. The van der Waals surface area contributed by atoms with E-state index in [4.69, 9.17) is 0 Å². The lowest BCUT2D eigenvalue weighted by Crippen LogP contribution is -2.50. The number of amides is 2. The van der Waals surface area contributed by atoms with Crippen LogP contribution >= 0.6 is 0 Å². The van der Waals surface area contributed by atoms with Crippen LogP contribution in [0, 0.1) is 17.6 Å². The van der Waals surface area contributed by atoms with Crippen molar-refractivity contribution in [2.75, 3.05) is 18.9 Å². The van der Waals surface area contributed by atoms with Gasteiger partial charge in [0, 0.05) is 37.0 Å². The molecule has 234 valence electrons. The van der Waals surface area contributed by atoms with Crippen molar-refractivity contribution in [1.29, 1.82) is 0 Å². The van der Waals surface area contributed by atoms with Gasteiger partial charge in [-0.2, -0.15) is 0 Å². The number of hydrogen-bond donors (Lipinski definition) is 4. The van der Waals surface area contributed by atoms with Gasteiger partial charge >= 0.3 is 0 Å². The van der Waals surface area contributed by atoms with Crippen LogP contribution < -0.4 is 16.0 Å². The SMILES string of the molecule is CNC(=O)C=C1CCC(NCC(O)C(Cc2cc(F)cc(F)c2)C(=O)Nc2ccccc2)(c2cccc(C(C)(C)C)c2)CC1. The average molecular weight is 604 g/mol. The van der Waals surface area contributed by atoms with E-state index in [0.717, 1.165) is 17.2 Å². The second-order valence-electron chi connectivity index (χ2n) is 12.7. The number of nitrogens with one attached hydrogen (secondary N) is 3. The van der Waals surface area contributed by atoms with Crippen molar-refractivity contribution >= 4 is 17.5 Å². The van der Waals surface area contributed by atoms with Gasteiger partial charge in [0.1, 0.15) is 11.6 Å². The van der Waals surface area contributed by atoms with Crippen LogP contribution in [0.1, 0.15) is 63.1 Å². The molecule has 1 aliphatic rings. The maximum atomic E-state index is 14.1. The van der Waals surface area contributed by atoms with E-state index in [-0.39, 0.29) is 29.9 Å². The Morgan fingerprint density at radius 1 is 0.955 bits per heavy atom. The number of para-hydroxylation sites is 1. The number of aliphatic hydroxyl groups is 1. The van der Waals surface area contributed by atoms with Gasteiger partial charge in [-0.25, -0.2) is 8.78 Å². The Hall–Kier alpha value is -3.88. The number of aliphatic hydroxyl groups excluding tert-OH is 1. The van der Waals surface area contributed by atoms with Crippen LogP contribution in [-0.4, -0.2) is 36.6 Å². The molecule has 1 saturated carbocycles. The van der Waals surface area contributed by atoms with E-state index in [1.54, 1.807) is 37.4 Å². The third-order valence-electron chi connectivity index (χ3n) is 8.48. The number of benzene rings is 3. The fourth-order valence-corrected chi connectivity index (χ4v) is 5.84. The van der Waals surface area contributed by atoms with Crippen molar-refractivity contribution in [2.45, 2.75) is 69.9 Å². The van der Waals surface area contributed by atoms with Crippen molar-refractivity contribution in [2.24, 2.45) is 5.92 Å². The van der Waals surface area contributed by atoms with Crippen molar-refractivity contribution in [3.05, 3.63) is 113 Å². The topological polar surface area (TPSA) is 90.5 Å². The van der Waals surface area contributed by atoms with E-state index in [0.29, 0.717) is 31.4 Å². The molecule has 3 aromatic rings. The molecule has 44 heavy (non-hydrogen) atoms. The molecule has 3 aromatic carbocycles. The fourth-order valence-electron chi connectivity index (χ4n) is 5.84. The molecular weight excluding hydrogens is 560 g/mol. The van der Waals surface area contributed by atoms with Crippen molar-refractivity contribution in [3.8, 4) is 0 Å². The van der Waals surface area contributed by atoms with E-state index in [1.165, 1.54) is 17.7 Å². The molecule has 4 rings (SSSR count). The number of carbonyl (C=O) groups is 2. The predicted octanol–water partition coefficient (Wildman–Crippen LogP) is 6.15. The van der Waals surface area contributed by atoms with Gasteiger partial charge in [-0.3, -0.25) is 9.59 Å². The zero-order valence-electron chi connectivity index (χ0n) is 25.9. The van der Waals surface area contributed by atoms with E-state index in [1.807, 2.05) is 12.1 Å². The van der Waals surface area contributed by atoms with Crippen molar-refractivity contribution < 1.29 is 23.5 Å². The first kappa shape index (κ1) is 33.0. The summed E-state index contributed by atoms with van der Waals surface area (Å²) in [5, 5.41) is 20.7. The summed E-state index contributed by atoms with van der Waals surface area (Å²) >= 11 is 0. The van der Waals surface area contributed by atoms with Crippen LogP contribution in [0.4, 0.5) is 14.5 Å². The highest BCUT2D eigenvalue weighted by Gasteiger charge is 2.37. The highest BCUT2D eigenvalue weighted by molar-refractivity contribution is 5.93. The summed E-state index contributed by atoms with van der Waals surface area (Å²) in [5.41, 5.74) is 3.56. The minimum Gasteiger partial charge on any atom is -0.391 e. The Kier molecular flexibility index (Phi) is 10.7. The summed E-state index contributed by atoms with van der Waals surface area (Å²) in [6.07, 6.45) is 3.19. The number of halogens is 2. The van der Waals surface area contributed by atoms with E-state index in [2.05, 4.69) is 54.9 Å². The highest BCUT2D eigenvalue weighted by atomic mass is 19.1. The number of likely N-dealkylation sites (N-methyl/N-ethyl adjacent to an activating group) is 1. The molecule has 0 aliphatic heterocycles. The molecule has 0 spiro atoms. The lowest BCUT2D eigenvalue weighted by molar-refractivity contribution is -0.123. The van der Waals surface area contributed by atoms with Gasteiger partial charge in [-0.05, 0) is 78.5 Å². The van der Waals surface area contributed by atoms with E-state index >= 15 is 0 Å². The molecule has 0 heterocycles. The van der Waals surface area contributed by atoms with Gasteiger partial charge in [0.05, 0.1) is 12.0 Å². The molecular formula is C36H43F2N3O3. The number of carbonyl (C=O) groups excluding carboxylic acids is 2. The molecule has 0 aromatic heterocycles. The van der Waals surface area contributed by atoms with Crippen LogP contribution in [-0.2, 0) is 27.0 Å². The van der Waals surface area contributed by atoms with Gasteiger partial charge in [-0.1, -0.05) is 68.8 Å².